The molecule has 0 spiro atoms. The van der Waals surface area contributed by atoms with Gasteiger partial charge in [-0.2, -0.15) is 0 Å². The van der Waals surface area contributed by atoms with Crippen LogP contribution in [0.3, 0.4) is 0 Å². The van der Waals surface area contributed by atoms with Crippen LogP contribution in [0.2, 0.25) is 0 Å². The van der Waals surface area contributed by atoms with Gasteiger partial charge in [0.2, 0.25) is 10.4 Å². The van der Waals surface area contributed by atoms with Crippen molar-refractivity contribution in [2.24, 2.45) is 0 Å². The number of aliphatic hydroxyl groups excluding tert-OH is 1. The minimum Gasteiger partial charge on any atom is -0.726 e. The summed E-state index contributed by atoms with van der Waals surface area (Å²) in [5.74, 6) is 0. The largest absolute Gasteiger partial charge is 1.00 e. The molecular formula is C34H71NaO5S. The maximum atomic E-state index is 10.2. The van der Waals surface area contributed by atoms with Crippen molar-refractivity contribution >= 4 is 10.4 Å². The molecule has 0 aliphatic carbocycles. The van der Waals surface area contributed by atoms with Crippen LogP contribution in [-0.2, 0) is 14.6 Å². The Morgan fingerprint density at radius 1 is 0.439 bits per heavy atom. The maximum absolute atomic E-state index is 10.2. The third-order valence-corrected chi connectivity index (χ3v) is 8.19. The Kier molecular flexibility index (Phi) is 46.1. The van der Waals surface area contributed by atoms with Crippen molar-refractivity contribution in [3.63, 3.8) is 0 Å². The number of rotatable bonds is 32. The van der Waals surface area contributed by atoms with E-state index < -0.39 is 10.4 Å². The summed E-state index contributed by atoms with van der Waals surface area (Å²) in [6.07, 6.45) is 39.6. The van der Waals surface area contributed by atoms with Gasteiger partial charge in [-0.15, -0.1) is 0 Å². The molecule has 0 aromatic rings. The summed E-state index contributed by atoms with van der Waals surface area (Å²) in [7, 11) is -4.49. The van der Waals surface area contributed by atoms with Gasteiger partial charge in [0.15, 0.2) is 0 Å². The Balaban J connectivity index is -0.000000691. The molecule has 41 heavy (non-hydrogen) atoms. The SMILES string of the molecule is CCCCCCCCCCCCCCCCCCO.CCCCCCCCCCCCCCCCOS(=O)(=O)[O-].[Na+]. The minimum atomic E-state index is -4.49. The average Bonchev–Trinajstić information content (AvgIpc) is 2.93. The van der Waals surface area contributed by atoms with Crippen molar-refractivity contribution in [3.8, 4) is 0 Å². The van der Waals surface area contributed by atoms with Crippen molar-refractivity contribution in [1.29, 1.82) is 0 Å². The van der Waals surface area contributed by atoms with E-state index in [2.05, 4.69) is 18.0 Å². The maximum Gasteiger partial charge on any atom is 1.00 e. The summed E-state index contributed by atoms with van der Waals surface area (Å²) in [5.41, 5.74) is 0. The van der Waals surface area contributed by atoms with Crippen molar-refractivity contribution in [1.82, 2.24) is 0 Å². The van der Waals surface area contributed by atoms with Gasteiger partial charge in [0.05, 0.1) is 6.61 Å². The average molecular weight is 615 g/mol. The number of aliphatic hydroxyl groups is 1. The molecule has 1 N–H and O–H groups in total. The van der Waals surface area contributed by atoms with Crippen LogP contribution in [0, 0.1) is 0 Å². The van der Waals surface area contributed by atoms with Crippen molar-refractivity contribution in [3.05, 3.63) is 0 Å². The molecule has 0 heterocycles. The van der Waals surface area contributed by atoms with Gasteiger partial charge in [0.1, 0.15) is 0 Å². The van der Waals surface area contributed by atoms with Crippen molar-refractivity contribution < 1.29 is 51.8 Å². The fraction of sp³-hybridized carbons (Fsp3) is 1.00. The molecular weight excluding hydrogens is 543 g/mol. The Bertz CT molecular complexity index is 529. The first-order chi connectivity index (χ1) is 19.5. The van der Waals surface area contributed by atoms with Gasteiger partial charge in [-0.05, 0) is 12.8 Å². The van der Waals surface area contributed by atoms with Crippen LogP contribution in [0.4, 0.5) is 0 Å². The Labute approximate surface area is 280 Å². The normalized spacial score (nSPS) is 11.2. The predicted molar refractivity (Wildman–Crippen MR) is 173 cm³/mol. The molecule has 7 heteroatoms. The first kappa shape index (κ1) is 46.3. The molecule has 0 fully saturated rings. The van der Waals surface area contributed by atoms with Gasteiger partial charge in [0, 0.05) is 6.61 Å². The van der Waals surface area contributed by atoms with E-state index in [0.29, 0.717) is 13.0 Å². The van der Waals surface area contributed by atoms with Gasteiger partial charge >= 0.3 is 29.6 Å². The third kappa shape index (κ3) is 50.7. The second-order valence-electron chi connectivity index (χ2n) is 11.9. The molecule has 0 aliphatic rings. The van der Waals surface area contributed by atoms with Crippen LogP contribution >= 0.6 is 0 Å². The molecule has 0 amide bonds. The molecule has 0 unspecified atom stereocenters. The van der Waals surface area contributed by atoms with Gasteiger partial charge < -0.3 is 9.66 Å². The molecule has 0 saturated carbocycles. The van der Waals surface area contributed by atoms with Gasteiger partial charge in [-0.25, -0.2) is 8.42 Å². The molecule has 0 rings (SSSR count). The first-order valence-corrected chi connectivity index (χ1v) is 19.0. The zero-order chi connectivity index (χ0) is 29.8. The number of unbranched alkanes of at least 4 members (excludes halogenated alkanes) is 28. The van der Waals surface area contributed by atoms with Gasteiger partial charge in [-0.1, -0.05) is 194 Å². The smallest absolute Gasteiger partial charge is 0.726 e. The number of hydrogen-bond donors (Lipinski definition) is 1. The zero-order valence-electron chi connectivity index (χ0n) is 28.1. The van der Waals surface area contributed by atoms with E-state index in [1.807, 2.05) is 0 Å². The Morgan fingerprint density at radius 3 is 0.878 bits per heavy atom. The molecule has 244 valence electrons. The molecule has 0 bridgehead atoms. The van der Waals surface area contributed by atoms with Gasteiger partial charge in [0.25, 0.3) is 0 Å². The molecule has 0 aromatic carbocycles. The second-order valence-corrected chi connectivity index (χ2v) is 12.9. The summed E-state index contributed by atoms with van der Waals surface area (Å²) in [5, 5.41) is 8.67. The Morgan fingerprint density at radius 2 is 0.659 bits per heavy atom. The molecule has 0 atom stereocenters. The van der Waals surface area contributed by atoms with Crippen LogP contribution < -0.4 is 29.6 Å². The summed E-state index contributed by atoms with van der Waals surface area (Å²) in [4.78, 5) is 0. The molecule has 0 aromatic heterocycles. The summed E-state index contributed by atoms with van der Waals surface area (Å²) < 4.78 is 34.7. The minimum absolute atomic E-state index is 0. The van der Waals surface area contributed by atoms with Crippen molar-refractivity contribution in [2.45, 2.75) is 206 Å². The molecule has 0 aliphatic heterocycles. The van der Waals surface area contributed by atoms with Gasteiger partial charge in [-0.3, -0.25) is 4.18 Å². The summed E-state index contributed by atoms with van der Waals surface area (Å²) in [6.45, 7) is 4.94. The van der Waals surface area contributed by atoms with E-state index in [4.69, 9.17) is 5.11 Å². The van der Waals surface area contributed by atoms with Crippen molar-refractivity contribution in [2.75, 3.05) is 13.2 Å². The number of hydrogen-bond acceptors (Lipinski definition) is 5. The zero-order valence-corrected chi connectivity index (χ0v) is 30.9. The Hall–Kier alpha value is 0.830. The van der Waals surface area contributed by atoms with E-state index in [9.17, 15) is 13.0 Å². The van der Waals surface area contributed by atoms with Crippen LogP contribution in [0.1, 0.15) is 206 Å². The standard InChI is InChI=1S/C18H38O.C16H34O4S.Na/c1-2-3-4-5-6-7-8-9-10-11-12-13-14-15-16-17-18-19;1-2-3-4-5-6-7-8-9-10-11-12-13-14-15-16-20-21(17,18)19;/h19H,2-18H2,1H3;2-16H2,1H3,(H,17,18,19);/q;;+1/p-1. The summed E-state index contributed by atoms with van der Waals surface area (Å²) in [6, 6.07) is 0. The molecule has 0 radical (unpaired) electrons. The van der Waals surface area contributed by atoms with E-state index >= 15 is 0 Å². The quantitative estimate of drug-likeness (QED) is 0.0357. The first-order valence-electron chi connectivity index (χ1n) is 17.7. The fourth-order valence-corrected chi connectivity index (χ4v) is 5.44. The second kappa shape index (κ2) is 40.8. The summed E-state index contributed by atoms with van der Waals surface area (Å²) >= 11 is 0. The van der Waals surface area contributed by atoms with E-state index in [1.165, 1.54) is 167 Å². The van der Waals surface area contributed by atoms with E-state index in [0.717, 1.165) is 19.3 Å². The van der Waals surface area contributed by atoms with E-state index in [-0.39, 0.29) is 36.2 Å². The van der Waals surface area contributed by atoms with Crippen LogP contribution in [0.15, 0.2) is 0 Å². The fourth-order valence-electron chi connectivity index (χ4n) is 5.12. The third-order valence-electron chi connectivity index (χ3n) is 7.74. The topological polar surface area (TPSA) is 86.7 Å². The monoisotopic (exact) mass is 614 g/mol. The van der Waals surface area contributed by atoms with Crippen LogP contribution in [0.25, 0.3) is 0 Å². The van der Waals surface area contributed by atoms with Crippen LogP contribution in [0.5, 0.6) is 0 Å². The van der Waals surface area contributed by atoms with E-state index in [1.54, 1.807) is 0 Å². The predicted octanol–water partition coefficient (Wildman–Crippen LogP) is 8.19. The molecule has 0 saturated heterocycles. The van der Waals surface area contributed by atoms with Crippen LogP contribution in [-0.4, -0.2) is 31.3 Å². The molecule has 5 nitrogen and oxygen atoms in total.